The lowest BCUT2D eigenvalue weighted by molar-refractivity contribution is -0.154. The Hall–Kier alpha value is -1.03. The molecule has 0 spiro atoms. The molecule has 134 valence electrons. The predicted molar refractivity (Wildman–Crippen MR) is 104 cm³/mol. The van der Waals surface area contributed by atoms with Gasteiger partial charge in [-0.1, -0.05) is 34.1 Å². The number of para-hydroxylation sites is 1. The minimum atomic E-state index is -0.0603. The van der Waals surface area contributed by atoms with Crippen LogP contribution in [0, 0.1) is 17.3 Å². The Morgan fingerprint density at radius 3 is 2.52 bits per heavy atom. The maximum atomic E-state index is 13.5. The number of amides is 1. The molecule has 4 aliphatic carbocycles. The lowest BCUT2D eigenvalue weighted by atomic mass is 9.49. The summed E-state index contributed by atoms with van der Waals surface area (Å²) >= 11 is 4.04. The zero-order chi connectivity index (χ0) is 17.1. The summed E-state index contributed by atoms with van der Waals surface area (Å²) in [6.45, 7) is 1.77. The van der Waals surface area contributed by atoms with Crippen molar-refractivity contribution in [3.05, 3.63) is 30.3 Å². The highest BCUT2D eigenvalue weighted by Crippen LogP contribution is 2.64. The van der Waals surface area contributed by atoms with E-state index in [0.29, 0.717) is 11.9 Å². The molecule has 5 fully saturated rings. The summed E-state index contributed by atoms with van der Waals surface area (Å²) < 4.78 is 0.258. The molecule has 1 aromatic rings. The van der Waals surface area contributed by atoms with Gasteiger partial charge in [-0.05, 0) is 68.9 Å². The molecule has 4 heteroatoms. The summed E-state index contributed by atoms with van der Waals surface area (Å²) in [4.78, 5) is 15.7. The molecule has 3 atom stereocenters. The van der Waals surface area contributed by atoms with Gasteiger partial charge < -0.3 is 10.2 Å². The van der Waals surface area contributed by atoms with Crippen LogP contribution in [-0.2, 0) is 4.79 Å². The maximum absolute atomic E-state index is 13.5. The van der Waals surface area contributed by atoms with Crippen LogP contribution in [0.4, 0.5) is 5.69 Å². The van der Waals surface area contributed by atoms with Crippen LogP contribution in [0.3, 0.4) is 0 Å². The molecule has 1 aromatic carbocycles. The highest BCUT2D eigenvalue weighted by Gasteiger charge is 2.60. The van der Waals surface area contributed by atoms with E-state index in [1.807, 2.05) is 6.07 Å². The molecule has 25 heavy (non-hydrogen) atoms. The molecule has 1 amide bonds. The number of alkyl halides is 1. The molecule has 4 saturated carbocycles. The molecule has 0 radical (unpaired) electrons. The van der Waals surface area contributed by atoms with Crippen LogP contribution < -0.4 is 5.32 Å². The van der Waals surface area contributed by atoms with Crippen LogP contribution in [0.15, 0.2) is 30.3 Å². The summed E-state index contributed by atoms with van der Waals surface area (Å²) in [6, 6.07) is 10.8. The minimum absolute atomic E-state index is 0.0603. The van der Waals surface area contributed by atoms with Gasteiger partial charge in [-0.3, -0.25) is 4.79 Å². The highest BCUT2D eigenvalue weighted by molar-refractivity contribution is 9.10. The topological polar surface area (TPSA) is 32.3 Å². The number of anilines is 1. The molecule has 5 aliphatic rings. The van der Waals surface area contributed by atoms with E-state index >= 15 is 0 Å². The van der Waals surface area contributed by atoms with Crippen LogP contribution in [0.25, 0.3) is 0 Å². The van der Waals surface area contributed by atoms with E-state index < -0.39 is 0 Å². The van der Waals surface area contributed by atoms with Gasteiger partial charge in [0, 0.05) is 29.1 Å². The molecule has 1 N–H and O–H groups in total. The van der Waals surface area contributed by atoms with Gasteiger partial charge in [0.1, 0.15) is 0 Å². The first-order chi connectivity index (χ1) is 12.0. The van der Waals surface area contributed by atoms with Crippen molar-refractivity contribution in [2.75, 3.05) is 18.4 Å². The van der Waals surface area contributed by atoms with Gasteiger partial charge in [-0.15, -0.1) is 0 Å². The second-order valence-corrected chi connectivity index (χ2v) is 10.8. The number of carbonyl (C=O) groups is 1. The van der Waals surface area contributed by atoms with Gasteiger partial charge in [0.2, 0.25) is 5.91 Å². The van der Waals surface area contributed by atoms with Gasteiger partial charge in [0.05, 0.1) is 5.41 Å². The SMILES string of the molecule is O=C(N1CCC(Nc2ccccc2)C1)C12CC3CC(CC(Br)(C3)C1)C2. The highest BCUT2D eigenvalue weighted by atomic mass is 79.9. The Morgan fingerprint density at radius 1 is 1.12 bits per heavy atom. The fraction of sp³-hybridized carbons (Fsp3) is 0.667. The summed E-state index contributed by atoms with van der Waals surface area (Å²) in [7, 11) is 0. The molecular formula is C21H27BrN2O. The van der Waals surface area contributed by atoms with Gasteiger partial charge >= 0.3 is 0 Å². The number of carbonyl (C=O) groups excluding carboxylic acids is 1. The first-order valence-electron chi connectivity index (χ1n) is 9.84. The average Bonchev–Trinajstić information content (AvgIpc) is 3.01. The van der Waals surface area contributed by atoms with E-state index in [-0.39, 0.29) is 9.74 Å². The van der Waals surface area contributed by atoms with Crippen molar-refractivity contribution >= 4 is 27.5 Å². The van der Waals surface area contributed by atoms with Crippen LogP contribution in [-0.4, -0.2) is 34.3 Å². The standard InChI is InChI=1S/C21H27BrN2O/c22-21-11-15-8-16(12-21)10-20(9-15,14-21)19(25)24-7-6-18(13-24)23-17-4-2-1-3-5-17/h1-5,15-16,18,23H,6-14H2. The fourth-order valence-electron chi connectivity index (χ4n) is 6.57. The number of hydrogen-bond donors (Lipinski definition) is 1. The minimum Gasteiger partial charge on any atom is -0.380 e. The zero-order valence-electron chi connectivity index (χ0n) is 14.7. The average molecular weight is 403 g/mol. The van der Waals surface area contributed by atoms with Crippen molar-refractivity contribution in [2.45, 2.75) is 55.3 Å². The third-order valence-electron chi connectivity index (χ3n) is 7.06. The molecule has 0 aromatic heterocycles. The largest absolute Gasteiger partial charge is 0.380 e. The molecule has 6 rings (SSSR count). The Morgan fingerprint density at radius 2 is 1.84 bits per heavy atom. The molecule has 1 saturated heterocycles. The Labute approximate surface area is 158 Å². The Balaban J connectivity index is 1.29. The Bertz CT molecular complexity index is 662. The third kappa shape index (κ3) is 2.81. The monoisotopic (exact) mass is 402 g/mol. The van der Waals surface area contributed by atoms with Crippen molar-refractivity contribution in [3.8, 4) is 0 Å². The first kappa shape index (κ1) is 16.2. The molecule has 3 nitrogen and oxygen atoms in total. The number of nitrogens with one attached hydrogen (secondary N) is 1. The van der Waals surface area contributed by atoms with Gasteiger partial charge in [0.15, 0.2) is 0 Å². The van der Waals surface area contributed by atoms with E-state index in [1.165, 1.54) is 19.3 Å². The molecular weight excluding hydrogens is 376 g/mol. The maximum Gasteiger partial charge on any atom is 0.228 e. The molecule has 4 bridgehead atoms. The summed E-state index contributed by atoms with van der Waals surface area (Å²) in [5, 5.41) is 3.60. The van der Waals surface area contributed by atoms with E-state index in [9.17, 15) is 4.79 Å². The second kappa shape index (κ2) is 5.73. The quantitative estimate of drug-likeness (QED) is 0.758. The van der Waals surface area contributed by atoms with Crippen LogP contribution in [0.5, 0.6) is 0 Å². The van der Waals surface area contributed by atoms with E-state index in [2.05, 4.69) is 50.4 Å². The summed E-state index contributed by atoms with van der Waals surface area (Å²) in [6.07, 6.45) is 8.35. The Kier molecular flexibility index (Phi) is 3.71. The number of rotatable bonds is 3. The lowest BCUT2D eigenvalue weighted by Crippen LogP contribution is -2.58. The molecule has 1 aliphatic heterocycles. The van der Waals surface area contributed by atoms with Crippen molar-refractivity contribution in [1.29, 1.82) is 0 Å². The summed E-state index contributed by atoms with van der Waals surface area (Å²) in [5.41, 5.74) is 1.10. The van der Waals surface area contributed by atoms with Crippen LogP contribution >= 0.6 is 15.9 Å². The van der Waals surface area contributed by atoms with Gasteiger partial charge in [-0.2, -0.15) is 0 Å². The van der Waals surface area contributed by atoms with Crippen LogP contribution in [0.2, 0.25) is 0 Å². The van der Waals surface area contributed by atoms with E-state index in [4.69, 9.17) is 0 Å². The van der Waals surface area contributed by atoms with E-state index in [1.54, 1.807) is 0 Å². The molecule has 1 heterocycles. The number of likely N-dealkylation sites (tertiary alicyclic amines) is 1. The van der Waals surface area contributed by atoms with Crippen LogP contribution in [0.1, 0.15) is 44.9 Å². The smallest absolute Gasteiger partial charge is 0.228 e. The van der Waals surface area contributed by atoms with Gasteiger partial charge in [0.25, 0.3) is 0 Å². The second-order valence-electron chi connectivity index (χ2n) is 9.14. The third-order valence-corrected chi connectivity index (χ3v) is 7.99. The predicted octanol–water partition coefficient (Wildman–Crippen LogP) is 4.43. The lowest BCUT2D eigenvalue weighted by Gasteiger charge is -2.60. The summed E-state index contributed by atoms with van der Waals surface area (Å²) in [5.74, 6) is 2.00. The molecule has 3 unspecified atom stereocenters. The number of nitrogens with zero attached hydrogens (tertiary/aromatic N) is 1. The van der Waals surface area contributed by atoms with Crippen molar-refractivity contribution < 1.29 is 4.79 Å². The van der Waals surface area contributed by atoms with Crippen molar-refractivity contribution in [2.24, 2.45) is 17.3 Å². The fourth-order valence-corrected chi connectivity index (χ4v) is 8.02. The number of hydrogen-bond acceptors (Lipinski definition) is 2. The van der Waals surface area contributed by atoms with Crippen molar-refractivity contribution in [1.82, 2.24) is 4.90 Å². The van der Waals surface area contributed by atoms with E-state index in [0.717, 1.165) is 56.3 Å². The zero-order valence-corrected chi connectivity index (χ0v) is 16.3. The first-order valence-corrected chi connectivity index (χ1v) is 10.6. The normalized spacial score (nSPS) is 42.0. The number of benzene rings is 1. The number of halogens is 1. The van der Waals surface area contributed by atoms with Gasteiger partial charge in [-0.25, -0.2) is 0 Å². The van der Waals surface area contributed by atoms with Crippen molar-refractivity contribution in [3.63, 3.8) is 0 Å².